The Kier molecular flexibility index (Phi) is 5.04. The second kappa shape index (κ2) is 7.79. The number of nitrogens with zero attached hydrogens (tertiary/aromatic N) is 5. The molecule has 0 saturated heterocycles. The van der Waals surface area contributed by atoms with Crippen LogP contribution in [0.3, 0.4) is 0 Å². The van der Waals surface area contributed by atoms with Gasteiger partial charge >= 0.3 is 0 Å². The fraction of sp³-hybridized carbons (Fsp3) is 0.222. The van der Waals surface area contributed by atoms with Crippen molar-refractivity contribution in [2.75, 3.05) is 11.9 Å². The highest BCUT2D eigenvalue weighted by Gasteiger charge is 2.22. The van der Waals surface area contributed by atoms with E-state index in [0.717, 1.165) is 29.1 Å². The van der Waals surface area contributed by atoms with Crippen molar-refractivity contribution in [3.63, 3.8) is 0 Å². The number of benzene rings is 1. The van der Waals surface area contributed by atoms with E-state index in [-0.39, 0.29) is 22.2 Å². The molecule has 0 bridgehead atoms. The molecule has 1 aliphatic heterocycles. The third-order valence-electron chi connectivity index (χ3n) is 4.35. The molecule has 1 aliphatic rings. The van der Waals surface area contributed by atoms with E-state index >= 15 is 0 Å². The van der Waals surface area contributed by atoms with Crippen LogP contribution in [0.15, 0.2) is 42.9 Å². The van der Waals surface area contributed by atoms with Crippen LogP contribution in [0, 0.1) is 10.1 Å². The minimum absolute atomic E-state index is 0.0991. The number of nitro benzene ring substituents is 1. The summed E-state index contributed by atoms with van der Waals surface area (Å²) in [4.78, 5) is 38.5. The topological polar surface area (TPSA) is 114 Å². The molecule has 0 atom stereocenters. The van der Waals surface area contributed by atoms with Gasteiger partial charge in [-0.2, -0.15) is 0 Å². The van der Waals surface area contributed by atoms with Gasteiger partial charge in [-0.05, 0) is 5.56 Å². The normalized spacial score (nSPS) is 13.7. The largest absolute Gasteiger partial charge is 0.296 e. The van der Waals surface area contributed by atoms with Crippen LogP contribution in [0.1, 0.15) is 26.6 Å². The summed E-state index contributed by atoms with van der Waals surface area (Å²) in [5.41, 5.74) is 2.22. The van der Waals surface area contributed by atoms with Crippen LogP contribution in [-0.4, -0.2) is 37.2 Å². The lowest BCUT2D eigenvalue weighted by atomic mass is 10.1. The lowest BCUT2D eigenvalue weighted by molar-refractivity contribution is -0.384. The molecule has 142 valence electrons. The van der Waals surface area contributed by atoms with E-state index in [9.17, 15) is 14.9 Å². The standard InChI is InChI=1S/C18H16N6O3S/c25-17(15-9-19-5-6-20-15)22-18-21-14-4-7-23(11-16(14)28-18)10-12-2-1-3-13(8-12)24(26)27/h1-3,5-6,8-9H,4,7,10-11H2,(H,21,22,25). The Balaban J connectivity index is 1.42. The number of nitro groups is 1. The molecular formula is C18H16N6O3S. The highest BCUT2D eigenvalue weighted by Crippen LogP contribution is 2.29. The number of fused-ring (bicyclic) bond motifs is 1. The first-order valence-electron chi connectivity index (χ1n) is 8.60. The maximum atomic E-state index is 12.2. The van der Waals surface area contributed by atoms with E-state index in [1.165, 1.54) is 36.0 Å². The van der Waals surface area contributed by atoms with Crippen molar-refractivity contribution in [3.05, 3.63) is 74.8 Å². The van der Waals surface area contributed by atoms with Gasteiger partial charge in [0, 0.05) is 55.5 Å². The second-order valence-electron chi connectivity index (χ2n) is 6.32. The smallest absolute Gasteiger partial charge is 0.277 e. The zero-order valence-electron chi connectivity index (χ0n) is 14.7. The fourth-order valence-electron chi connectivity index (χ4n) is 3.04. The zero-order chi connectivity index (χ0) is 19.5. The van der Waals surface area contributed by atoms with Crippen LogP contribution in [0.2, 0.25) is 0 Å². The second-order valence-corrected chi connectivity index (χ2v) is 7.40. The Morgan fingerprint density at radius 3 is 3.04 bits per heavy atom. The van der Waals surface area contributed by atoms with E-state index in [4.69, 9.17) is 0 Å². The molecule has 9 nitrogen and oxygen atoms in total. The number of non-ortho nitro benzene ring substituents is 1. The molecule has 4 rings (SSSR count). The van der Waals surface area contributed by atoms with E-state index in [1.807, 2.05) is 6.07 Å². The van der Waals surface area contributed by atoms with Crippen molar-refractivity contribution in [1.29, 1.82) is 0 Å². The summed E-state index contributed by atoms with van der Waals surface area (Å²) in [6, 6.07) is 6.69. The van der Waals surface area contributed by atoms with Gasteiger partial charge in [-0.25, -0.2) is 9.97 Å². The molecule has 0 spiro atoms. The molecule has 28 heavy (non-hydrogen) atoms. The lowest BCUT2D eigenvalue weighted by Crippen LogP contribution is -2.29. The molecule has 3 aromatic rings. The van der Waals surface area contributed by atoms with Crippen LogP contribution in [-0.2, 0) is 19.5 Å². The first-order valence-corrected chi connectivity index (χ1v) is 9.42. The summed E-state index contributed by atoms with van der Waals surface area (Å²) >= 11 is 1.44. The molecule has 1 N–H and O–H groups in total. The molecule has 1 amide bonds. The monoisotopic (exact) mass is 396 g/mol. The van der Waals surface area contributed by atoms with Gasteiger partial charge in [0.2, 0.25) is 0 Å². The Bertz CT molecular complexity index is 1020. The summed E-state index contributed by atoms with van der Waals surface area (Å²) < 4.78 is 0. The summed E-state index contributed by atoms with van der Waals surface area (Å²) in [6.45, 7) is 2.12. The summed E-state index contributed by atoms with van der Waals surface area (Å²) in [5, 5.41) is 14.3. The number of carbonyl (C=O) groups excluding carboxylic acids is 1. The fourth-order valence-corrected chi connectivity index (χ4v) is 4.09. The number of amides is 1. The van der Waals surface area contributed by atoms with Crippen molar-refractivity contribution in [2.24, 2.45) is 0 Å². The Morgan fingerprint density at radius 2 is 2.25 bits per heavy atom. The van der Waals surface area contributed by atoms with Gasteiger partial charge in [-0.1, -0.05) is 12.1 Å². The highest BCUT2D eigenvalue weighted by molar-refractivity contribution is 7.15. The van der Waals surface area contributed by atoms with Gasteiger partial charge in [-0.3, -0.25) is 30.1 Å². The first kappa shape index (κ1) is 18.1. The SMILES string of the molecule is O=C(Nc1nc2c(s1)CN(Cc1cccc([N+](=O)[O-])c1)CC2)c1cnccn1. The van der Waals surface area contributed by atoms with Crippen molar-refractivity contribution >= 4 is 28.1 Å². The van der Waals surface area contributed by atoms with Crippen molar-refractivity contribution in [3.8, 4) is 0 Å². The number of nitrogens with one attached hydrogen (secondary N) is 1. The van der Waals surface area contributed by atoms with E-state index in [2.05, 4.69) is 25.2 Å². The molecule has 0 aliphatic carbocycles. The molecule has 3 heterocycles. The number of hydrogen-bond acceptors (Lipinski definition) is 8. The average molecular weight is 396 g/mol. The van der Waals surface area contributed by atoms with Crippen molar-refractivity contribution < 1.29 is 9.72 Å². The quantitative estimate of drug-likeness (QED) is 0.521. The minimum atomic E-state index is -0.382. The summed E-state index contributed by atoms with van der Waals surface area (Å²) in [5.74, 6) is -0.340. The van der Waals surface area contributed by atoms with Gasteiger partial charge in [-0.15, -0.1) is 11.3 Å². The molecule has 10 heteroatoms. The molecular weight excluding hydrogens is 380 g/mol. The van der Waals surface area contributed by atoms with E-state index < -0.39 is 0 Å². The van der Waals surface area contributed by atoms with Gasteiger partial charge in [0.15, 0.2) is 5.13 Å². The molecule has 0 unspecified atom stereocenters. The molecule has 0 fully saturated rings. The maximum Gasteiger partial charge on any atom is 0.277 e. The highest BCUT2D eigenvalue weighted by atomic mass is 32.1. The number of rotatable bonds is 5. The summed E-state index contributed by atoms with van der Waals surface area (Å²) in [6.07, 6.45) is 5.15. The number of thiazole rings is 1. The third kappa shape index (κ3) is 4.02. The van der Waals surface area contributed by atoms with Crippen molar-refractivity contribution in [2.45, 2.75) is 19.5 Å². The Morgan fingerprint density at radius 1 is 1.36 bits per heavy atom. The zero-order valence-corrected chi connectivity index (χ0v) is 15.6. The maximum absolute atomic E-state index is 12.2. The third-order valence-corrected chi connectivity index (χ3v) is 5.35. The lowest BCUT2D eigenvalue weighted by Gasteiger charge is -2.25. The van der Waals surface area contributed by atoms with Crippen LogP contribution in [0.5, 0.6) is 0 Å². The number of anilines is 1. The Hall–Kier alpha value is -3.24. The van der Waals surface area contributed by atoms with Crippen LogP contribution >= 0.6 is 11.3 Å². The molecule has 0 saturated carbocycles. The van der Waals surface area contributed by atoms with Gasteiger partial charge in [0.25, 0.3) is 11.6 Å². The average Bonchev–Trinajstić information content (AvgIpc) is 3.10. The van der Waals surface area contributed by atoms with Gasteiger partial charge in [0.05, 0.1) is 16.8 Å². The van der Waals surface area contributed by atoms with Crippen LogP contribution in [0.4, 0.5) is 10.8 Å². The van der Waals surface area contributed by atoms with Gasteiger partial charge < -0.3 is 0 Å². The first-order chi connectivity index (χ1) is 13.6. The number of carbonyl (C=O) groups is 1. The number of aromatic nitrogens is 3. The van der Waals surface area contributed by atoms with E-state index in [1.54, 1.807) is 12.1 Å². The van der Waals surface area contributed by atoms with Crippen LogP contribution in [0.25, 0.3) is 0 Å². The Labute approximate surface area is 164 Å². The molecule has 1 aromatic carbocycles. The van der Waals surface area contributed by atoms with E-state index in [0.29, 0.717) is 18.2 Å². The predicted octanol–water partition coefficient (Wildman–Crippen LogP) is 2.65. The van der Waals surface area contributed by atoms with Gasteiger partial charge in [0.1, 0.15) is 5.69 Å². The molecule has 0 radical (unpaired) electrons. The summed E-state index contributed by atoms with van der Waals surface area (Å²) in [7, 11) is 0. The molecule has 2 aromatic heterocycles. The van der Waals surface area contributed by atoms with Crippen LogP contribution < -0.4 is 5.32 Å². The van der Waals surface area contributed by atoms with Crippen molar-refractivity contribution in [1.82, 2.24) is 19.9 Å². The minimum Gasteiger partial charge on any atom is -0.296 e. The number of hydrogen-bond donors (Lipinski definition) is 1. The predicted molar refractivity (Wildman–Crippen MR) is 103 cm³/mol.